The lowest BCUT2D eigenvalue weighted by atomic mass is 10.1. The van der Waals surface area contributed by atoms with Gasteiger partial charge < -0.3 is 19.9 Å². The molecule has 0 radical (unpaired) electrons. The fraction of sp³-hybridized carbons (Fsp3) is 0.600. The van der Waals surface area contributed by atoms with E-state index < -0.39 is 0 Å². The van der Waals surface area contributed by atoms with Gasteiger partial charge in [0.1, 0.15) is 5.82 Å². The van der Waals surface area contributed by atoms with Crippen molar-refractivity contribution >= 4 is 11.5 Å². The summed E-state index contributed by atoms with van der Waals surface area (Å²) in [5, 5.41) is 3.60. The molecule has 4 heterocycles. The highest BCUT2D eigenvalue weighted by atomic mass is 16.5. The van der Waals surface area contributed by atoms with Gasteiger partial charge in [-0.25, -0.2) is 9.97 Å². The third-order valence-electron chi connectivity index (χ3n) is 6.85. The molecular formula is C25H36N6O. The molecule has 2 saturated heterocycles. The van der Waals surface area contributed by atoms with Gasteiger partial charge in [0.2, 0.25) is 0 Å². The molecule has 32 heavy (non-hydrogen) atoms. The van der Waals surface area contributed by atoms with Crippen molar-refractivity contribution in [1.29, 1.82) is 0 Å². The normalized spacial score (nSPS) is 24.1. The van der Waals surface area contributed by atoms with Crippen molar-refractivity contribution in [1.82, 2.24) is 20.2 Å². The van der Waals surface area contributed by atoms with E-state index in [4.69, 9.17) is 14.7 Å². The van der Waals surface area contributed by atoms with Gasteiger partial charge >= 0.3 is 0 Å². The van der Waals surface area contributed by atoms with Crippen LogP contribution in [0.1, 0.15) is 25.8 Å². The number of anilines is 2. The second-order valence-corrected chi connectivity index (χ2v) is 9.51. The number of rotatable bonds is 6. The molecule has 0 amide bonds. The van der Waals surface area contributed by atoms with Crippen LogP contribution in [0.3, 0.4) is 0 Å². The van der Waals surface area contributed by atoms with Crippen LogP contribution in [0.5, 0.6) is 0 Å². The first-order chi connectivity index (χ1) is 15.7. The molecule has 1 N–H and O–H groups in total. The van der Waals surface area contributed by atoms with Crippen LogP contribution < -0.4 is 15.1 Å². The highest BCUT2D eigenvalue weighted by molar-refractivity contribution is 5.64. The number of morpholine rings is 1. The zero-order chi connectivity index (χ0) is 21.9. The number of benzene rings is 1. The molecule has 1 unspecified atom stereocenters. The van der Waals surface area contributed by atoms with E-state index in [0.717, 1.165) is 89.1 Å². The van der Waals surface area contributed by atoms with E-state index in [1.165, 1.54) is 11.3 Å². The lowest BCUT2D eigenvalue weighted by molar-refractivity contribution is 0.0376. The molecule has 0 aliphatic carbocycles. The van der Waals surface area contributed by atoms with Gasteiger partial charge in [-0.2, -0.15) is 0 Å². The molecule has 2 atom stereocenters. The summed E-state index contributed by atoms with van der Waals surface area (Å²) in [6.45, 7) is 13.7. The number of nitrogens with zero attached hydrogens (tertiary/aromatic N) is 5. The Balaban J connectivity index is 1.24. The number of nitrogens with one attached hydrogen (secondary N) is 1. The molecule has 0 saturated carbocycles. The Bertz CT molecular complexity index is 888. The smallest absolute Gasteiger partial charge is 0.161 e. The van der Waals surface area contributed by atoms with Crippen LogP contribution >= 0.6 is 0 Å². The van der Waals surface area contributed by atoms with Crippen LogP contribution in [0.4, 0.5) is 11.5 Å². The van der Waals surface area contributed by atoms with Gasteiger partial charge in [0.05, 0.1) is 13.2 Å². The van der Waals surface area contributed by atoms with Crippen LogP contribution in [-0.4, -0.2) is 86.0 Å². The quantitative estimate of drug-likeness (QED) is 0.746. The summed E-state index contributed by atoms with van der Waals surface area (Å²) in [6, 6.07) is 9.80. The Kier molecular flexibility index (Phi) is 6.57. The van der Waals surface area contributed by atoms with E-state index >= 15 is 0 Å². The summed E-state index contributed by atoms with van der Waals surface area (Å²) in [7, 11) is 0. The Morgan fingerprint density at radius 2 is 1.75 bits per heavy atom. The average Bonchev–Trinajstić information content (AvgIpc) is 3.21. The largest absolute Gasteiger partial charge is 0.379 e. The molecular weight excluding hydrogens is 400 g/mol. The van der Waals surface area contributed by atoms with Crippen LogP contribution in [0, 0.1) is 0 Å². The van der Waals surface area contributed by atoms with Crippen molar-refractivity contribution in [3.8, 4) is 11.4 Å². The van der Waals surface area contributed by atoms with Crippen molar-refractivity contribution in [3.05, 3.63) is 36.0 Å². The van der Waals surface area contributed by atoms with Crippen molar-refractivity contribution in [2.45, 2.75) is 38.8 Å². The maximum Gasteiger partial charge on any atom is 0.161 e. The van der Waals surface area contributed by atoms with E-state index in [1.54, 1.807) is 0 Å². The summed E-state index contributed by atoms with van der Waals surface area (Å²) >= 11 is 0. The van der Waals surface area contributed by atoms with Crippen LogP contribution in [0.15, 0.2) is 30.5 Å². The molecule has 7 heteroatoms. The number of fused-ring (bicyclic) bond motifs is 1. The van der Waals surface area contributed by atoms with Crippen molar-refractivity contribution in [3.63, 3.8) is 0 Å². The Morgan fingerprint density at radius 1 is 1.00 bits per heavy atom. The predicted molar refractivity (Wildman–Crippen MR) is 130 cm³/mol. The summed E-state index contributed by atoms with van der Waals surface area (Å²) in [6.07, 6.45) is 4.24. The maximum atomic E-state index is 5.46. The second kappa shape index (κ2) is 9.73. The molecule has 3 aliphatic heterocycles. The third-order valence-corrected chi connectivity index (χ3v) is 6.85. The van der Waals surface area contributed by atoms with Crippen LogP contribution in [0.2, 0.25) is 0 Å². The van der Waals surface area contributed by atoms with Gasteiger partial charge in [-0.1, -0.05) is 0 Å². The lowest BCUT2D eigenvalue weighted by Gasteiger charge is -2.37. The molecule has 2 aromatic rings. The Hall–Kier alpha value is -2.22. The molecule has 1 aromatic heterocycles. The first-order valence-electron chi connectivity index (χ1n) is 12.2. The predicted octanol–water partition coefficient (Wildman–Crippen LogP) is 2.41. The minimum absolute atomic E-state index is 0.507. The van der Waals surface area contributed by atoms with Gasteiger partial charge in [-0.3, -0.25) is 4.90 Å². The first-order valence-corrected chi connectivity index (χ1v) is 12.2. The SMILES string of the molecule is CC1CN(c2ccc(-c3ncc4c(n3)N(CCCN3CCOCC3)CC4)cc2)C[C@H](C)N1. The van der Waals surface area contributed by atoms with Crippen LogP contribution in [-0.2, 0) is 11.2 Å². The molecule has 3 aliphatic rings. The topological polar surface area (TPSA) is 56.8 Å². The number of aromatic nitrogens is 2. The van der Waals surface area contributed by atoms with E-state index in [9.17, 15) is 0 Å². The third kappa shape index (κ3) is 4.90. The number of hydrogen-bond donors (Lipinski definition) is 1. The lowest BCUT2D eigenvalue weighted by Crippen LogP contribution is -2.54. The molecule has 0 bridgehead atoms. The van der Waals surface area contributed by atoms with E-state index in [1.807, 2.05) is 6.20 Å². The van der Waals surface area contributed by atoms with Gasteiger partial charge in [0.25, 0.3) is 0 Å². The zero-order valence-electron chi connectivity index (χ0n) is 19.5. The number of piperazine rings is 1. The fourth-order valence-electron chi connectivity index (χ4n) is 5.23. The maximum absolute atomic E-state index is 5.46. The zero-order valence-corrected chi connectivity index (χ0v) is 19.5. The minimum atomic E-state index is 0.507. The Morgan fingerprint density at radius 3 is 2.50 bits per heavy atom. The standard InChI is InChI=1S/C25H36N6O/c1-19-17-31(18-20(2)27-19)23-6-4-21(5-7-23)24-26-16-22-8-11-30(25(22)28-24)10-3-9-29-12-14-32-15-13-29/h4-7,16,19-20,27H,3,8-15,17-18H2,1-2H3/t19-,20?/m0/s1. The second-order valence-electron chi connectivity index (χ2n) is 9.51. The molecule has 2 fully saturated rings. The Labute approximate surface area is 191 Å². The van der Waals surface area contributed by atoms with Crippen molar-refractivity contribution < 1.29 is 4.74 Å². The summed E-state index contributed by atoms with van der Waals surface area (Å²) in [4.78, 5) is 17.1. The van der Waals surface area contributed by atoms with E-state index in [-0.39, 0.29) is 0 Å². The monoisotopic (exact) mass is 436 g/mol. The molecule has 7 nitrogen and oxygen atoms in total. The summed E-state index contributed by atoms with van der Waals surface area (Å²) < 4.78 is 5.46. The summed E-state index contributed by atoms with van der Waals surface area (Å²) in [5.41, 5.74) is 3.65. The molecule has 1 aromatic carbocycles. The highest BCUT2D eigenvalue weighted by Crippen LogP contribution is 2.29. The van der Waals surface area contributed by atoms with Gasteiger partial charge in [-0.05, 0) is 51.0 Å². The molecule has 5 rings (SSSR count). The van der Waals surface area contributed by atoms with Crippen molar-refractivity contribution in [2.24, 2.45) is 0 Å². The fourth-order valence-corrected chi connectivity index (χ4v) is 5.23. The number of ether oxygens (including phenoxy) is 1. The van der Waals surface area contributed by atoms with Gasteiger partial charge in [0, 0.05) is 80.9 Å². The van der Waals surface area contributed by atoms with Gasteiger partial charge in [-0.15, -0.1) is 0 Å². The highest BCUT2D eigenvalue weighted by Gasteiger charge is 2.23. The summed E-state index contributed by atoms with van der Waals surface area (Å²) in [5.74, 6) is 1.96. The number of hydrogen-bond acceptors (Lipinski definition) is 7. The van der Waals surface area contributed by atoms with Crippen molar-refractivity contribution in [2.75, 3.05) is 68.8 Å². The minimum Gasteiger partial charge on any atom is -0.379 e. The first kappa shape index (κ1) is 21.6. The van der Waals surface area contributed by atoms with E-state index in [2.05, 4.69) is 58.1 Å². The van der Waals surface area contributed by atoms with Gasteiger partial charge in [0.15, 0.2) is 5.82 Å². The molecule has 0 spiro atoms. The molecule has 172 valence electrons. The van der Waals surface area contributed by atoms with E-state index in [0.29, 0.717) is 12.1 Å². The average molecular weight is 437 g/mol. The van der Waals surface area contributed by atoms with Crippen LogP contribution in [0.25, 0.3) is 11.4 Å².